The third-order valence-corrected chi connectivity index (χ3v) is 4.34. The third-order valence-electron chi connectivity index (χ3n) is 4.34. The summed E-state index contributed by atoms with van der Waals surface area (Å²) in [5, 5.41) is 10.3. The van der Waals surface area contributed by atoms with Crippen LogP contribution in [0.2, 0.25) is 0 Å². The molecule has 8 heteroatoms. The second-order valence-electron chi connectivity index (χ2n) is 6.71. The highest BCUT2D eigenvalue weighted by molar-refractivity contribution is 5.76. The number of rotatable bonds is 6. The standard InChI is InChI=1S/C16H24N6O2/c1-11(2)9-12-5-3-4-8-22(12)14(23)7-6-13-19-16(21-24-13)15-17-10-18-20-15/h10-12H,3-9H2,1-2H3,(H,17,18,20). The second kappa shape index (κ2) is 7.55. The first-order valence-corrected chi connectivity index (χ1v) is 8.61. The van der Waals surface area contributed by atoms with E-state index < -0.39 is 0 Å². The number of carbonyl (C=O) groups excluding carboxylic acids is 1. The molecule has 8 nitrogen and oxygen atoms in total. The van der Waals surface area contributed by atoms with E-state index in [0.717, 1.165) is 25.8 Å². The van der Waals surface area contributed by atoms with Crippen molar-refractivity contribution in [3.05, 3.63) is 12.2 Å². The van der Waals surface area contributed by atoms with Gasteiger partial charge in [0.2, 0.25) is 17.6 Å². The molecule has 1 unspecified atom stereocenters. The summed E-state index contributed by atoms with van der Waals surface area (Å²) in [5.74, 6) is 2.06. The fraction of sp³-hybridized carbons (Fsp3) is 0.688. The molecule has 1 saturated heterocycles. The van der Waals surface area contributed by atoms with Gasteiger partial charge in [0.1, 0.15) is 6.33 Å². The third kappa shape index (κ3) is 3.98. The summed E-state index contributed by atoms with van der Waals surface area (Å²) in [4.78, 5) is 22.9. The molecule has 24 heavy (non-hydrogen) atoms. The Morgan fingerprint density at radius 2 is 2.33 bits per heavy atom. The number of aromatic amines is 1. The predicted octanol–water partition coefficient (Wildman–Crippen LogP) is 2.21. The van der Waals surface area contributed by atoms with Crippen LogP contribution in [0.15, 0.2) is 10.9 Å². The molecule has 0 radical (unpaired) electrons. The highest BCUT2D eigenvalue weighted by Gasteiger charge is 2.27. The molecule has 3 rings (SSSR count). The lowest BCUT2D eigenvalue weighted by molar-refractivity contribution is -0.135. The zero-order valence-corrected chi connectivity index (χ0v) is 14.2. The minimum Gasteiger partial charge on any atom is -0.340 e. The molecule has 0 bridgehead atoms. The van der Waals surface area contributed by atoms with Gasteiger partial charge in [0.05, 0.1) is 0 Å². The Balaban J connectivity index is 1.56. The molecule has 1 amide bonds. The highest BCUT2D eigenvalue weighted by Crippen LogP contribution is 2.24. The molecule has 0 spiro atoms. The largest absolute Gasteiger partial charge is 0.340 e. The molecule has 130 valence electrons. The van der Waals surface area contributed by atoms with Gasteiger partial charge in [0, 0.05) is 25.4 Å². The number of H-pyrrole nitrogens is 1. The van der Waals surface area contributed by atoms with Crippen molar-refractivity contribution in [2.45, 2.75) is 58.4 Å². The zero-order chi connectivity index (χ0) is 16.9. The van der Waals surface area contributed by atoms with Crippen molar-refractivity contribution in [1.82, 2.24) is 30.2 Å². The first kappa shape index (κ1) is 16.6. The average molecular weight is 332 g/mol. The van der Waals surface area contributed by atoms with E-state index in [9.17, 15) is 4.79 Å². The van der Waals surface area contributed by atoms with Gasteiger partial charge in [-0.3, -0.25) is 9.89 Å². The van der Waals surface area contributed by atoms with Crippen molar-refractivity contribution in [2.75, 3.05) is 6.54 Å². The average Bonchev–Trinajstić information content (AvgIpc) is 3.24. The van der Waals surface area contributed by atoms with Crippen LogP contribution in [0.4, 0.5) is 0 Å². The zero-order valence-electron chi connectivity index (χ0n) is 14.2. The number of piperidine rings is 1. The molecule has 1 aliphatic heterocycles. The molecular formula is C16H24N6O2. The first-order valence-electron chi connectivity index (χ1n) is 8.61. The molecular weight excluding hydrogens is 308 g/mol. The van der Waals surface area contributed by atoms with Gasteiger partial charge in [0.25, 0.3) is 0 Å². The van der Waals surface area contributed by atoms with Gasteiger partial charge in [-0.1, -0.05) is 19.0 Å². The topological polar surface area (TPSA) is 101 Å². The molecule has 1 aliphatic rings. The number of aromatic nitrogens is 5. The molecule has 2 aromatic rings. The van der Waals surface area contributed by atoms with Crippen LogP contribution in [0, 0.1) is 5.92 Å². The smallest absolute Gasteiger partial charge is 0.239 e. The van der Waals surface area contributed by atoms with Crippen molar-refractivity contribution in [3.63, 3.8) is 0 Å². The van der Waals surface area contributed by atoms with Gasteiger partial charge in [-0.05, 0) is 31.6 Å². The van der Waals surface area contributed by atoms with E-state index in [1.54, 1.807) is 0 Å². The number of hydrogen-bond acceptors (Lipinski definition) is 6. The number of likely N-dealkylation sites (tertiary alicyclic amines) is 1. The molecule has 0 aromatic carbocycles. The lowest BCUT2D eigenvalue weighted by atomic mass is 9.93. The maximum Gasteiger partial charge on any atom is 0.239 e. The number of hydrogen-bond donors (Lipinski definition) is 1. The molecule has 1 N–H and O–H groups in total. The minimum atomic E-state index is 0.180. The Labute approximate surface area is 141 Å². The number of nitrogens with one attached hydrogen (secondary N) is 1. The summed E-state index contributed by atoms with van der Waals surface area (Å²) in [7, 11) is 0. The summed E-state index contributed by atoms with van der Waals surface area (Å²) in [6.45, 7) is 5.28. The monoisotopic (exact) mass is 332 g/mol. The summed E-state index contributed by atoms with van der Waals surface area (Å²) >= 11 is 0. The van der Waals surface area contributed by atoms with E-state index in [-0.39, 0.29) is 5.91 Å². The van der Waals surface area contributed by atoms with Crippen LogP contribution in [0.25, 0.3) is 11.6 Å². The molecule has 3 heterocycles. The van der Waals surface area contributed by atoms with Gasteiger partial charge in [-0.25, -0.2) is 4.98 Å². The minimum absolute atomic E-state index is 0.180. The fourth-order valence-corrected chi connectivity index (χ4v) is 3.24. The summed E-state index contributed by atoms with van der Waals surface area (Å²) in [5.41, 5.74) is 0. The van der Waals surface area contributed by atoms with Crippen molar-refractivity contribution >= 4 is 5.91 Å². The van der Waals surface area contributed by atoms with Gasteiger partial charge >= 0.3 is 0 Å². The SMILES string of the molecule is CC(C)CC1CCCCN1C(=O)CCc1nc(-c2ncn[nH]2)no1. The van der Waals surface area contributed by atoms with Crippen LogP contribution < -0.4 is 0 Å². The lowest BCUT2D eigenvalue weighted by Crippen LogP contribution is -2.44. The molecule has 1 fully saturated rings. The second-order valence-corrected chi connectivity index (χ2v) is 6.71. The number of nitrogens with zero attached hydrogens (tertiary/aromatic N) is 5. The predicted molar refractivity (Wildman–Crippen MR) is 86.8 cm³/mol. The van der Waals surface area contributed by atoms with Gasteiger partial charge < -0.3 is 9.42 Å². The molecule has 2 aromatic heterocycles. The highest BCUT2D eigenvalue weighted by atomic mass is 16.5. The van der Waals surface area contributed by atoms with Crippen LogP contribution >= 0.6 is 0 Å². The van der Waals surface area contributed by atoms with E-state index in [0.29, 0.717) is 42.3 Å². The summed E-state index contributed by atoms with van der Waals surface area (Å²) in [6, 6.07) is 0.374. The van der Waals surface area contributed by atoms with Crippen LogP contribution in [0.1, 0.15) is 51.8 Å². The van der Waals surface area contributed by atoms with Crippen LogP contribution in [0.3, 0.4) is 0 Å². The number of carbonyl (C=O) groups is 1. The van der Waals surface area contributed by atoms with E-state index in [4.69, 9.17) is 4.52 Å². The van der Waals surface area contributed by atoms with Crippen molar-refractivity contribution < 1.29 is 9.32 Å². The lowest BCUT2D eigenvalue weighted by Gasteiger charge is -2.37. The summed E-state index contributed by atoms with van der Waals surface area (Å²) in [6.07, 6.45) is 6.72. The Bertz CT molecular complexity index is 651. The Kier molecular flexibility index (Phi) is 5.22. The van der Waals surface area contributed by atoms with Gasteiger partial charge in [-0.2, -0.15) is 10.1 Å². The van der Waals surface area contributed by atoms with E-state index in [1.165, 1.54) is 12.7 Å². The first-order chi connectivity index (χ1) is 11.6. The number of aryl methyl sites for hydroxylation is 1. The van der Waals surface area contributed by atoms with Crippen LogP contribution in [-0.4, -0.2) is 48.7 Å². The van der Waals surface area contributed by atoms with Crippen LogP contribution in [-0.2, 0) is 11.2 Å². The van der Waals surface area contributed by atoms with Crippen molar-refractivity contribution in [2.24, 2.45) is 5.92 Å². The molecule has 1 atom stereocenters. The van der Waals surface area contributed by atoms with Gasteiger partial charge in [-0.15, -0.1) is 0 Å². The quantitative estimate of drug-likeness (QED) is 0.870. The maximum absolute atomic E-state index is 12.6. The fourth-order valence-electron chi connectivity index (χ4n) is 3.24. The van der Waals surface area contributed by atoms with E-state index >= 15 is 0 Å². The Morgan fingerprint density at radius 3 is 3.08 bits per heavy atom. The van der Waals surface area contributed by atoms with Gasteiger partial charge in [0.15, 0.2) is 5.82 Å². The maximum atomic E-state index is 12.6. The van der Waals surface area contributed by atoms with E-state index in [1.807, 2.05) is 0 Å². The normalized spacial score (nSPS) is 18.3. The molecule has 0 saturated carbocycles. The Morgan fingerprint density at radius 1 is 1.46 bits per heavy atom. The summed E-state index contributed by atoms with van der Waals surface area (Å²) < 4.78 is 5.20. The molecule has 0 aliphatic carbocycles. The Hall–Kier alpha value is -2.25. The van der Waals surface area contributed by atoms with Crippen LogP contribution in [0.5, 0.6) is 0 Å². The van der Waals surface area contributed by atoms with Crippen molar-refractivity contribution in [3.8, 4) is 11.6 Å². The van der Waals surface area contributed by atoms with E-state index in [2.05, 4.69) is 44.1 Å². The van der Waals surface area contributed by atoms with Crippen molar-refractivity contribution in [1.29, 1.82) is 0 Å². The number of amides is 1.